The van der Waals surface area contributed by atoms with Crippen molar-refractivity contribution in [2.24, 2.45) is 0 Å². The Morgan fingerprint density at radius 2 is 1.81 bits per heavy atom. The van der Waals surface area contributed by atoms with E-state index in [1.165, 1.54) is 0 Å². The van der Waals surface area contributed by atoms with Crippen molar-refractivity contribution in [3.8, 4) is 5.75 Å². The molecular weight excluding hydrogens is 264 g/mol. The molecule has 2 aromatic rings. The molecule has 4 heteroatoms. The van der Waals surface area contributed by atoms with Crippen LogP contribution >= 0.6 is 0 Å². The van der Waals surface area contributed by atoms with Crippen LogP contribution in [0.25, 0.3) is 0 Å². The number of carbonyl (C=O) groups excluding carboxylic acids is 1. The van der Waals surface area contributed by atoms with Crippen molar-refractivity contribution in [2.75, 3.05) is 13.7 Å². The Morgan fingerprint density at radius 3 is 2.57 bits per heavy atom. The number of hydrogen-bond acceptors (Lipinski definition) is 4. The maximum Gasteiger partial charge on any atom is 0.184 e. The number of carbonyl (C=O) groups is 1. The second-order valence-corrected chi connectivity index (χ2v) is 5.04. The summed E-state index contributed by atoms with van der Waals surface area (Å²) in [6.07, 6.45) is 0.00913. The van der Waals surface area contributed by atoms with Crippen molar-refractivity contribution in [3.05, 3.63) is 65.7 Å². The molecule has 0 amide bonds. The quantitative estimate of drug-likeness (QED) is 0.844. The molecule has 0 radical (unpaired) electrons. The summed E-state index contributed by atoms with van der Waals surface area (Å²) >= 11 is 0. The average Bonchev–Trinajstić information content (AvgIpc) is 3.05. The monoisotopic (exact) mass is 282 g/mol. The number of benzene rings is 2. The van der Waals surface area contributed by atoms with Crippen LogP contribution in [0, 0.1) is 0 Å². The van der Waals surface area contributed by atoms with E-state index >= 15 is 0 Å². The van der Waals surface area contributed by atoms with Gasteiger partial charge in [-0.25, -0.2) is 0 Å². The van der Waals surface area contributed by atoms with Gasteiger partial charge in [0, 0.05) is 6.54 Å². The van der Waals surface area contributed by atoms with Gasteiger partial charge in [0.15, 0.2) is 5.78 Å². The van der Waals surface area contributed by atoms with Crippen molar-refractivity contribution in [1.82, 2.24) is 10.6 Å². The summed E-state index contributed by atoms with van der Waals surface area (Å²) in [4.78, 5) is 12.6. The molecule has 1 aliphatic rings. The Bertz CT molecular complexity index is 628. The Morgan fingerprint density at radius 1 is 1.10 bits per heavy atom. The molecule has 2 N–H and O–H groups in total. The van der Waals surface area contributed by atoms with Gasteiger partial charge in [0.05, 0.1) is 24.9 Å². The third kappa shape index (κ3) is 2.82. The number of para-hydroxylation sites is 1. The van der Waals surface area contributed by atoms with Crippen LogP contribution in [0.5, 0.6) is 5.75 Å². The zero-order valence-corrected chi connectivity index (χ0v) is 11.9. The molecule has 1 aliphatic heterocycles. The molecule has 21 heavy (non-hydrogen) atoms. The van der Waals surface area contributed by atoms with Gasteiger partial charge in [0.1, 0.15) is 5.75 Å². The Kier molecular flexibility index (Phi) is 3.99. The second-order valence-electron chi connectivity index (χ2n) is 5.04. The first-order chi connectivity index (χ1) is 10.3. The third-order valence-electron chi connectivity index (χ3n) is 3.72. The molecule has 2 atom stereocenters. The number of methoxy groups -OCH3 is 1. The van der Waals surface area contributed by atoms with E-state index in [1.54, 1.807) is 13.2 Å². The van der Waals surface area contributed by atoms with E-state index in [0.29, 0.717) is 17.9 Å². The predicted molar refractivity (Wildman–Crippen MR) is 81.4 cm³/mol. The van der Waals surface area contributed by atoms with Crippen molar-refractivity contribution in [1.29, 1.82) is 0 Å². The summed E-state index contributed by atoms with van der Waals surface area (Å²) in [6, 6.07) is 17.1. The summed E-state index contributed by atoms with van der Waals surface area (Å²) in [5, 5.41) is 6.68. The van der Waals surface area contributed by atoms with Crippen LogP contribution in [0.4, 0.5) is 0 Å². The highest BCUT2D eigenvalue weighted by Gasteiger charge is 2.31. The summed E-state index contributed by atoms with van der Waals surface area (Å²) in [6.45, 7) is 0.608. The van der Waals surface area contributed by atoms with Gasteiger partial charge >= 0.3 is 0 Å². The zero-order valence-electron chi connectivity index (χ0n) is 11.9. The highest BCUT2D eigenvalue weighted by atomic mass is 16.5. The second kappa shape index (κ2) is 6.08. The van der Waals surface area contributed by atoms with Gasteiger partial charge in [-0.1, -0.05) is 42.5 Å². The average molecular weight is 282 g/mol. The fourth-order valence-electron chi connectivity index (χ4n) is 2.62. The first-order valence-electron chi connectivity index (χ1n) is 7.01. The molecule has 3 rings (SSSR count). The largest absolute Gasteiger partial charge is 0.496 e. The summed E-state index contributed by atoms with van der Waals surface area (Å²) < 4.78 is 5.27. The van der Waals surface area contributed by atoms with Crippen molar-refractivity contribution < 1.29 is 9.53 Å². The minimum Gasteiger partial charge on any atom is -0.496 e. The van der Waals surface area contributed by atoms with Gasteiger partial charge in [0.2, 0.25) is 0 Å². The first kappa shape index (κ1) is 13.8. The lowest BCUT2D eigenvalue weighted by Crippen LogP contribution is -2.34. The van der Waals surface area contributed by atoms with Crippen LogP contribution in [0.15, 0.2) is 54.6 Å². The van der Waals surface area contributed by atoms with Crippen LogP contribution in [-0.2, 0) is 0 Å². The van der Waals surface area contributed by atoms with Gasteiger partial charge in [-0.05, 0) is 17.7 Å². The molecule has 0 aliphatic carbocycles. The fourth-order valence-corrected chi connectivity index (χ4v) is 2.62. The molecule has 0 bridgehead atoms. The minimum atomic E-state index is -0.244. The van der Waals surface area contributed by atoms with Crippen LogP contribution in [0.2, 0.25) is 0 Å². The molecule has 108 valence electrons. The standard InChI is InChI=1S/C17H18N2O2/c1-21-15-10-6-5-9-13(15)16(20)14-11-18-17(19-14)12-7-3-2-4-8-12/h2-10,14,17-19H,11H2,1H3. The van der Waals surface area contributed by atoms with E-state index in [4.69, 9.17) is 4.74 Å². The highest BCUT2D eigenvalue weighted by Crippen LogP contribution is 2.22. The first-order valence-corrected chi connectivity index (χ1v) is 7.01. The Balaban J connectivity index is 1.75. The van der Waals surface area contributed by atoms with Crippen LogP contribution in [0.1, 0.15) is 22.1 Å². The van der Waals surface area contributed by atoms with E-state index in [-0.39, 0.29) is 18.0 Å². The summed E-state index contributed by atoms with van der Waals surface area (Å²) in [5.41, 5.74) is 1.75. The van der Waals surface area contributed by atoms with Gasteiger partial charge in [0.25, 0.3) is 0 Å². The number of ether oxygens (including phenoxy) is 1. The number of Topliss-reactive ketones (excluding diaryl/α,β-unsaturated/α-hetero) is 1. The SMILES string of the molecule is COc1ccccc1C(=O)C1CNC(c2ccccc2)N1. The van der Waals surface area contributed by atoms with Gasteiger partial charge in [-0.3, -0.25) is 15.4 Å². The van der Waals surface area contributed by atoms with Crippen LogP contribution < -0.4 is 15.4 Å². The normalized spacial score (nSPS) is 21.2. The lowest BCUT2D eigenvalue weighted by atomic mass is 10.0. The topological polar surface area (TPSA) is 50.4 Å². The molecule has 0 spiro atoms. The van der Waals surface area contributed by atoms with Crippen LogP contribution in [-0.4, -0.2) is 25.5 Å². The molecular formula is C17H18N2O2. The molecule has 1 saturated heterocycles. The predicted octanol–water partition coefficient (Wildman–Crippen LogP) is 2.14. The molecule has 4 nitrogen and oxygen atoms in total. The lowest BCUT2D eigenvalue weighted by Gasteiger charge is -2.14. The maximum atomic E-state index is 12.6. The maximum absolute atomic E-state index is 12.6. The highest BCUT2D eigenvalue weighted by molar-refractivity contribution is 6.02. The van der Waals surface area contributed by atoms with E-state index in [9.17, 15) is 4.79 Å². The van der Waals surface area contributed by atoms with Crippen molar-refractivity contribution in [3.63, 3.8) is 0 Å². The van der Waals surface area contributed by atoms with E-state index in [2.05, 4.69) is 10.6 Å². The van der Waals surface area contributed by atoms with Gasteiger partial charge < -0.3 is 4.74 Å². The zero-order chi connectivity index (χ0) is 14.7. The van der Waals surface area contributed by atoms with Gasteiger partial charge in [-0.15, -0.1) is 0 Å². The number of rotatable bonds is 4. The molecule has 0 saturated carbocycles. The Hall–Kier alpha value is -2.17. The van der Waals surface area contributed by atoms with Crippen molar-refractivity contribution >= 4 is 5.78 Å². The third-order valence-corrected chi connectivity index (χ3v) is 3.72. The number of nitrogens with one attached hydrogen (secondary N) is 2. The molecule has 0 aromatic heterocycles. The van der Waals surface area contributed by atoms with Crippen molar-refractivity contribution in [2.45, 2.75) is 12.2 Å². The minimum absolute atomic E-state index is 0.00913. The lowest BCUT2D eigenvalue weighted by molar-refractivity contribution is 0.0952. The van der Waals surface area contributed by atoms with Crippen LogP contribution in [0.3, 0.4) is 0 Å². The molecule has 2 aromatic carbocycles. The molecule has 1 fully saturated rings. The summed E-state index contributed by atoms with van der Waals surface area (Å²) in [7, 11) is 1.58. The summed E-state index contributed by atoms with van der Waals surface area (Å²) in [5.74, 6) is 0.672. The van der Waals surface area contributed by atoms with E-state index in [1.807, 2.05) is 48.5 Å². The van der Waals surface area contributed by atoms with E-state index < -0.39 is 0 Å². The van der Waals surface area contributed by atoms with E-state index in [0.717, 1.165) is 5.56 Å². The smallest absolute Gasteiger partial charge is 0.184 e. The van der Waals surface area contributed by atoms with Gasteiger partial charge in [-0.2, -0.15) is 0 Å². The Labute approximate surface area is 124 Å². The number of hydrogen-bond donors (Lipinski definition) is 2. The number of ketones is 1. The fraction of sp³-hybridized carbons (Fsp3) is 0.235. The molecule has 1 heterocycles. The molecule has 2 unspecified atom stereocenters.